The second-order valence-electron chi connectivity index (χ2n) is 15.0. The van der Waals surface area contributed by atoms with Crippen molar-refractivity contribution in [2.75, 3.05) is 26.2 Å². The molecule has 252 valence electrons. The lowest BCUT2D eigenvalue weighted by Gasteiger charge is -2.60. The number of piperazine rings is 1. The number of fused-ring (bicyclic) bond motifs is 5. The maximum absolute atomic E-state index is 16.7. The van der Waals surface area contributed by atoms with E-state index in [1.807, 2.05) is 22.9 Å². The third-order valence-corrected chi connectivity index (χ3v) is 12.0. The van der Waals surface area contributed by atoms with Crippen LogP contribution in [-0.2, 0) is 4.79 Å². The molecular weight excluding hydrogens is 576 g/mol. The fraction of sp³-hybridized carbons (Fsp3) is 0.824. The van der Waals surface area contributed by atoms with Crippen LogP contribution < -0.4 is 21.3 Å². The van der Waals surface area contributed by atoms with Gasteiger partial charge in [-0.3, -0.25) is 15.0 Å². The molecule has 3 amide bonds. The van der Waals surface area contributed by atoms with E-state index in [1.165, 1.54) is 6.08 Å². The van der Waals surface area contributed by atoms with E-state index in [-0.39, 0.29) is 66.2 Å². The number of piperidine rings is 2. The number of nitrogens with one attached hydrogen (secondary N) is 4. The lowest BCUT2D eigenvalue weighted by molar-refractivity contribution is -0.136. The smallest absolute Gasteiger partial charge is 0.320 e. The molecule has 2 bridgehead atoms. The Morgan fingerprint density at radius 3 is 2.62 bits per heavy atom. The predicted molar refractivity (Wildman–Crippen MR) is 171 cm³/mol. The van der Waals surface area contributed by atoms with Crippen LogP contribution in [0, 0.1) is 29.6 Å². The van der Waals surface area contributed by atoms with E-state index in [9.17, 15) is 9.59 Å². The van der Waals surface area contributed by atoms with Crippen LogP contribution in [0.2, 0.25) is 0 Å². The number of nitrogens with zero attached hydrogens (tertiary/aromatic N) is 3. The summed E-state index contributed by atoms with van der Waals surface area (Å²) >= 11 is 0. The summed E-state index contributed by atoms with van der Waals surface area (Å²) < 4.78 is 32.6. The molecule has 13 atom stereocenters. The van der Waals surface area contributed by atoms with Gasteiger partial charge in [-0.2, -0.15) is 0 Å². The molecule has 6 rings (SSSR count). The summed E-state index contributed by atoms with van der Waals surface area (Å²) in [5.41, 5.74) is 0. The Balaban J connectivity index is 1.40. The third-order valence-electron chi connectivity index (χ3n) is 12.0. The van der Waals surface area contributed by atoms with Gasteiger partial charge in [-0.1, -0.05) is 32.9 Å². The molecule has 9 nitrogen and oxygen atoms in total. The van der Waals surface area contributed by atoms with Crippen molar-refractivity contribution in [3.05, 3.63) is 24.9 Å². The van der Waals surface area contributed by atoms with Crippen LogP contribution >= 0.6 is 0 Å². The van der Waals surface area contributed by atoms with E-state index in [0.29, 0.717) is 26.1 Å². The first kappa shape index (κ1) is 32.7. The molecule has 5 aliphatic heterocycles. The molecule has 11 heteroatoms. The van der Waals surface area contributed by atoms with Gasteiger partial charge in [0.15, 0.2) is 0 Å². The minimum Gasteiger partial charge on any atom is -0.391 e. The van der Waals surface area contributed by atoms with Crippen molar-refractivity contribution in [3.63, 3.8) is 0 Å². The summed E-state index contributed by atoms with van der Waals surface area (Å²) in [7, 11) is 0. The number of amides is 3. The number of carbonyl (C=O) groups is 2. The fourth-order valence-corrected chi connectivity index (χ4v) is 9.82. The van der Waals surface area contributed by atoms with Gasteiger partial charge in [0.2, 0.25) is 5.91 Å². The Bertz CT molecular complexity index is 1120. The van der Waals surface area contributed by atoms with Crippen LogP contribution in [0.15, 0.2) is 24.9 Å². The topological polar surface area (TPSA) is 92.0 Å². The zero-order valence-corrected chi connectivity index (χ0v) is 27.5. The number of hydrogen-bond acceptors (Lipinski definition) is 6. The van der Waals surface area contributed by atoms with Crippen LogP contribution in [-0.4, -0.2) is 108 Å². The molecule has 4 N–H and O–H groups in total. The molecule has 0 aromatic carbocycles. The van der Waals surface area contributed by atoms with Crippen LogP contribution in [0.4, 0.5) is 13.6 Å². The van der Waals surface area contributed by atoms with Crippen molar-refractivity contribution in [2.24, 2.45) is 29.6 Å². The van der Waals surface area contributed by atoms with Crippen LogP contribution in [0.1, 0.15) is 66.2 Å². The van der Waals surface area contributed by atoms with Gasteiger partial charge in [0.1, 0.15) is 12.3 Å². The highest BCUT2D eigenvalue weighted by Crippen LogP contribution is 2.44. The predicted octanol–water partition coefficient (Wildman–Crippen LogP) is 3.35. The maximum atomic E-state index is 16.7. The molecule has 6 aliphatic rings. The first-order valence-corrected chi connectivity index (χ1v) is 17.5. The summed E-state index contributed by atoms with van der Waals surface area (Å²) in [5, 5.41) is 14.2. The highest BCUT2D eigenvalue weighted by atomic mass is 19.1. The zero-order chi connectivity index (χ0) is 32.0. The fourth-order valence-electron chi connectivity index (χ4n) is 9.82. The van der Waals surface area contributed by atoms with Crippen molar-refractivity contribution < 1.29 is 18.4 Å². The number of carbonyl (C=O) groups excluding carboxylic acids is 2. The summed E-state index contributed by atoms with van der Waals surface area (Å²) in [4.78, 5) is 33.2. The third kappa shape index (κ3) is 6.13. The SMILES string of the molecule is C=CC(=O)N1CC(C)N(C2NC(=O)N3C4NC(C(F)CC24)C2C(F)CCCC2CN/C=C/CC2CCNC(C(C)C)C23)CC1C. The summed E-state index contributed by atoms with van der Waals surface area (Å²) in [6.45, 7) is 14.7. The van der Waals surface area contributed by atoms with E-state index in [2.05, 4.69) is 59.6 Å². The maximum Gasteiger partial charge on any atom is 0.320 e. The second-order valence-corrected chi connectivity index (χ2v) is 15.0. The van der Waals surface area contributed by atoms with Crippen molar-refractivity contribution in [2.45, 2.75) is 121 Å². The molecule has 1 saturated carbocycles. The summed E-state index contributed by atoms with van der Waals surface area (Å²) in [5.74, 6) is -0.294. The molecule has 45 heavy (non-hydrogen) atoms. The minimum atomic E-state index is -1.24. The number of allylic oxidation sites excluding steroid dienone is 1. The van der Waals surface area contributed by atoms with Crippen molar-refractivity contribution in [3.8, 4) is 0 Å². The highest BCUT2D eigenvalue weighted by molar-refractivity contribution is 5.87. The number of rotatable bonds is 3. The van der Waals surface area contributed by atoms with Crippen LogP contribution in [0.25, 0.3) is 0 Å². The van der Waals surface area contributed by atoms with E-state index >= 15 is 8.78 Å². The molecule has 5 fully saturated rings. The molecule has 5 heterocycles. The summed E-state index contributed by atoms with van der Waals surface area (Å²) in [6.07, 6.45) is 6.50. The van der Waals surface area contributed by atoms with E-state index in [0.717, 1.165) is 32.2 Å². The number of hydrogen-bond donors (Lipinski definition) is 4. The van der Waals surface area contributed by atoms with Gasteiger partial charge in [0.25, 0.3) is 0 Å². The normalized spacial score (nSPS) is 45.0. The van der Waals surface area contributed by atoms with Gasteiger partial charge >= 0.3 is 6.03 Å². The quantitative estimate of drug-likeness (QED) is 0.358. The van der Waals surface area contributed by atoms with E-state index in [1.54, 1.807) is 0 Å². The van der Waals surface area contributed by atoms with Crippen molar-refractivity contribution >= 4 is 11.9 Å². The second kappa shape index (κ2) is 13.5. The molecule has 0 spiro atoms. The van der Waals surface area contributed by atoms with Gasteiger partial charge in [0, 0.05) is 55.6 Å². The van der Waals surface area contributed by atoms with Gasteiger partial charge < -0.3 is 25.8 Å². The van der Waals surface area contributed by atoms with Gasteiger partial charge in [-0.05, 0) is 82.5 Å². The Labute approximate surface area is 268 Å². The number of alkyl halides is 2. The first-order valence-electron chi connectivity index (χ1n) is 17.5. The van der Waals surface area contributed by atoms with E-state index in [4.69, 9.17) is 0 Å². The lowest BCUT2D eigenvalue weighted by atomic mass is 9.69. The van der Waals surface area contributed by atoms with Crippen molar-refractivity contribution in [1.29, 1.82) is 0 Å². The standard InChI is InChI=1S/C34H55F2N7O2/c1-6-27(44)41-17-21(5)42(18-20(41)4)32-24-15-26(36)30-28-23(9-7-11-25(28)35)16-37-13-8-10-22-12-14-38-29(19(2)3)31(22)43(33(24)39-30)34(45)40-32/h6,8,13,19-26,28-33,37-39H,1,7,9-12,14-18H2,2-5H3,(H,40,45)/b13-8+. The molecule has 4 saturated heterocycles. The highest BCUT2D eigenvalue weighted by Gasteiger charge is 2.57. The largest absolute Gasteiger partial charge is 0.391 e. The van der Waals surface area contributed by atoms with Gasteiger partial charge in [-0.15, -0.1) is 0 Å². The van der Waals surface area contributed by atoms with Crippen molar-refractivity contribution in [1.82, 2.24) is 36.0 Å². The zero-order valence-electron chi connectivity index (χ0n) is 27.5. The molecule has 0 aromatic heterocycles. The Hall–Kier alpha value is -2.24. The number of urea groups is 1. The molecule has 1 aliphatic carbocycles. The lowest BCUT2D eigenvalue weighted by Crippen LogP contribution is -2.80. The molecular formula is C34H55F2N7O2. The molecule has 0 radical (unpaired) electrons. The average molecular weight is 632 g/mol. The Kier molecular flexibility index (Phi) is 9.79. The number of halogens is 2. The van der Waals surface area contributed by atoms with Crippen LogP contribution in [0.5, 0.6) is 0 Å². The Morgan fingerprint density at radius 1 is 1.07 bits per heavy atom. The van der Waals surface area contributed by atoms with Crippen LogP contribution in [0.3, 0.4) is 0 Å². The first-order chi connectivity index (χ1) is 21.6. The van der Waals surface area contributed by atoms with Gasteiger partial charge in [-0.25, -0.2) is 13.6 Å². The monoisotopic (exact) mass is 631 g/mol. The average Bonchev–Trinajstić information content (AvgIpc) is 3.02. The van der Waals surface area contributed by atoms with Gasteiger partial charge in [0.05, 0.1) is 18.4 Å². The summed E-state index contributed by atoms with van der Waals surface area (Å²) in [6, 6.07) is -0.979. The minimum absolute atomic E-state index is 0.0109. The molecule has 13 unspecified atom stereocenters. The Morgan fingerprint density at radius 2 is 1.87 bits per heavy atom. The molecule has 0 aromatic rings. The van der Waals surface area contributed by atoms with E-state index < -0.39 is 36.6 Å².